The summed E-state index contributed by atoms with van der Waals surface area (Å²) in [7, 11) is 0.301. The van der Waals surface area contributed by atoms with Gasteiger partial charge in [0.1, 0.15) is 4.90 Å². The summed E-state index contributed by atoms with van der Waals surface area (Å²) in [4.78, 5) is 23.6. The predicted molar refractivity (Wildman–Crippen MR) is 101 cm³/mol. The highest BCUT2D eigenvalue weighted by Gasteiger charge is 2.22. The first-order valence-electron chi connectivity index (χ1n) is 7.84. The molecule has 0 heterocycles. The quantitative estimate of drug-likeness (QED) is 0.737. The molecule has 0 aliphatic rings. The van der Waals surface area contributed by atoms with Crippen molar-refractivity contribution in [2.24, 2.45) is 0 Å². The van der Waals surface area contributed by atoms with Crippen LogP contribution in [0, 0.1) is 0 Å². The van der Waals surface area contributed by atoms with E-state index in [-0.39, 0.29) is 22.0 Å². The van der Waals surface area contributed by atoms with Gasteiger partial charge >= 0.3 is 5.97 Å². The number of carbonyl (C=O) groups is 2. The first-order valence-corrected chi connectivity index (χ1v) is 9.66. The lowest BCUT2D eigenvalue weighted by Gasteiger charge is -2.14. The number of halogens is 1. The maximum absolute atomic E-state index is 12.4. The van der Waals surface area contributed by atoms with Crippen LogP contribution < -0.4 is 5.32 Å². The molecule has 2 aromatic rings. The molecule has 0 saturated heterocycles. The highest BCUT2D eigenvalue weighted by molar-refractivity contribution is 7.89. The minimum absolute atomic E-state index is 0.0404. The molecular formula is C18H19ClN2O5S. The Bertz CT molecular complexity index is 956. The van der Waals surface area contributed by atoms with Crippen LogP contribution in [-0.4, -0.2) is 45.8 Å². The van der Waals surface area contributed by atoms with Crippen LogP contribution in [0.25, 0.3) is 0 Å². The van der Waals surface area contributed by atoms with Gasteiger partial charge < -0.3 is 10.1 Å². The fourth-order valence-corrected chi connectivity index (χ4v) is 3.59. The van der Waals surface area contributed by atoms with Crippen molar-refractivity contribution in [3.05, 3.63) is 64.2 Å². The van der Waals surface area contributed by atoms with Gasteiger partial charge in [0, 0.05) is 26.2 Å². The van der Waals surface area contributed by atoms with Crippen molar-refractivity contribution >= 4 is 33.5 Å². The monoisotopic (exact) mass is 410 g/mol. The van der Waals surface area contributed by atoms with E-state index in [1.54, 1.807) is 24.3 Å². The molecule has 0 aliphatic heterocycles. The smallest absolute Gasteiger partial charge is 0.337 e. The number of hydrogen-bond donors (Lipinski definition) is 1. The zero-order chi connectivity index (χ0) is 20.2. The van der Waals surface area contributed by atoms with Gasteiger partial charge in [-0.25, -0.2) is 17.5 Å². The van der Waals surface area contributed by atoms with E-state index >= 15 is 0 Å². The van der Waals surface area contributed by atoms with Gasteiger partial charge in [-0.1, -0.05) is 23.7 Å². The molecule has 1 N–H and O–H groups in total. The molecule has 1 amide bonds. The van der Waals surface area contributed by atoms with Crippen molar-refractivity contribution in [1.82, 2.24) is 9.62 Å². The van der Waals surface area contributed by atoms with E-state index in [1.807, 2.05) is 0 Å². The maximum atomic E-state index is 12.4. The number of nitrogens with zero attached hydrogens (tertiary/aromatic N) is 1. The average molecular weight is 411 g/mol. The number of sulfonamides is 1. The van der Waals surface area contributed by atoms with E-state index in [4.69, 9.17) is 11.6 Å². The molecule has 0 aromatic heterocycles. The second-order valence-corrected chi connectivity index (χ2v) is 8.33. The molecule has 0 bridgehead atoms. The van der Waals surface area contributed by atoms with E-state index in [9.17, 15) is 18.0 Å². The van der Waals surface area contributed by atoms with E-state index in [0.29, 0.717) is 5.56 Å². The molecule has 0 unspecified atom stereocenters. The molecule has 0 radical (unpaired) electrons. The lowest BCUT2D eigenvalue weighted by Crippen LogP contribution is -2.25. The van der Waals surface area contributed by atoms with Gasteiger partial charge in [-0.15, -0.1) is 0 Å². The SMILES string of the molecule is COC(=O)c1ccc(CNC(=O)c2ccc(Cl)c(S(=O)(=O)N(C)C)c2)cc1. The molecule has 2 aromatic carbocycles. The van der Waals surface area contributed by atoms with Crippen LogP contribution in [0.2, 0.25) is 5.02 Å². The maximum Gasteiger partial charge on any atom is 0.337 e. The average Bonchev–Trinajstić information content (AvgIpc) is 2.65. The number of benzene rings is 2. The molecule has 0 atom stereocenters. The summed E-state index contributed by atoms with van der Waals surface area (Å²) in [6.07, 6.45) is 0. The van der Waals surface area contributed by atoms with E-state index in [1.165, 1.54) is 39.4 Å². The molecule has 0 aliphatic carbocycles. The molecule has 144 valence electrons. The Labute approximate surface area is 162 Å². The molecule has 9 heteroatoms. The fourth-order valence-electron chi connectivity index (χ4n) is 2.20. The largest absolute Gasteiger partial charge is 0.465 e. The van der Waals surface area contributed by atoms with Crippen molar-refractivity contribution in [2.75, 3.05) is 21.2 Å². The minimum Gasteiger partial charge on any atom is -0.465 e. The van der Waals surface area contributed by atoms with Crippen LogP contribution in [0.3, 0.4) is 0 Å². The number of esters is 1. The highest BCUT2D eigenvalue weighted by Crippen LogP contribution is 2.24. The van der Waals surface area contributed by atoms with Gasteiger partial charge in [0.25, 0.3) is 5.91 Å². The topological polar surface area (TPSA) is 92.8 Å². The summed E-state index contributed by atoms with van der Waals surface area (Å²) in [5.41, 5.74) is 1.35. The van der Waals surface area contributed by atoms with Crippen LogP contribution in [0.4, 0.5) is 0 Å². The van der Waals surface area contributed by atoms with Crippen LogP contribution in [-0.2, 0) is 21.3 Å². The number of nitrogens with one attached hydrogen (secondary N) is 1. The third-order valence-corrected chi connectivity index (χ3v) is 6.08. The Morgan fingerprint density at radius 2 is 1.67 bits per heavy atom. The second kappa shape index (κ2) is 8.51. The summed E-state index contributed by atoms with van der Waals surface area (Å²) < 4.78 is 30.2. The number of hydrogen-bond acceptors (Lipinski definition) is 5. The Morgan fingerprint density at radius 1 is 1.07 bits per heavy atom. The third-order valence-electron chi connectivity index (χ3n) is 3.78. The predicted octanol–water partition coefficient (Wildman–Crippen LogP) is 2.31. The fraction of sp³-hybridized carbons (Fsp3) is 0.222. The van der Waals surface area contributed by atoms with Gasteiger partial charge in [-0.05, 0) is 35.9 Å². The van der Waals surface area contributed by atoms with Gasteiger partial charge in [0.2, 0.25) is 10.0 Å². The minimum atomic E-state index is -3.77. The van der Waals surface area contributed by atoms with Crippen molar-refractivity contribution < 1.29 is 22.7 Å². The van der Waals surface area contributed by atoms with Gasteiger partial charge in [-0.2, -0.15) is 0 Å². The summed E-state index contributed by atoms with van der Waals surface area (Å²) in [6.45, 7) is 0.207. The van der Waals surface area contributed by atoms with Crippen molar-refractivity contribution in [3.8, 4) is 0 Å². The van der Waals surface area contributed by atoms with Crippen LogP contribution in [0.1, 0.15) is 26.3 Å². The summed E-state index contributed by atoms with van der Waals surface area (Å²) >= 11 is 5.98. The van der Waals surface area contributed by atoms with E-state index in [2.05, 4.69) is 10.1 Å². The van der Waals surface area contributed by atoms with Crippen molar-refractivity contribution in [3.63, 3.8) is 0 Å². The summed E-state index contributed by atoms with van der Waals surface area (Å²) in [5.74, 6) is -0.889. The van der Waals surface area contributed by atoms with Gasteiger partial charge in [-0.3, -0.25) is 4.79 Å². The Morgan fingerprint density at radius 3 is 2.22 bits per heavy atom. The van der Waals surface area contributed by atoms with Crippen molar-refractivity contribution in [2.45, 2.75) is 11.4 Å². The number of rotatable bonds is 6. The van der Waals surface area contributed by atoms with E-state index < -0.39 is 21.9 Å². The highest BCUT2D eigenvalue weighted by atomic mass is 35.5. The Hall–Kier alpha value is -2.42. The summed E-state index contributed by atoms with van der Waals surface area (Å²) in [6, 6.07) is 10.6. The molecule has 0 fully saturated rings. The van der Waals surface area contributed by atoms with Crippen LogP contribution in [0.5, 0.6) is 0 Å². The molecule has 27 heavy (non-hydrogen) atoms. The van der Waals surface area contributed by atoms with Crippen LogP contribution in [0.15, 0.2) is 47.4 Å². The number of methoxy groups -OCH3 is 1. The standard InChI is InChI=1S/C18H19ClN2O5S/c1-21(2)27(24,25)16-10-14(8-9-15(16)19)17(22)20-11-12-4-6-13(7-5-12)18(23)26-3/h4-10H,11H2,1-3H3,(H,20,22). The number of amides is 1. The Kier molecular flexibility index (Phi) is 6.59. The lowest BCUT2D eigenvalue weighted by atomic mass is 10.1. The summed E-state index contributed by atoms with van der Waals surface area (Å²) in [5, 5.41) is 2.74. The zero-order valence-electron chi connectivity index (χ0n) is 15.0. The molecular weight excluding hydrogens is 392 g/mol. The molecule has 0 spiro atoms. The molecule has 0 saturated carbocycles. The van der Waals surface area contributed by atoms with Gasteiger partial charge in [0.15, 0.2) is 0 Å². The first-order chi connectivity index (χ1) is 12.7. The van der Waals surface area contributed by atoms with E-state index in [0.717, 1.165) is 9.87 Å². The zero-order valence-corrected chi connectivity index (χ0v) is 16.6. The van der Waals surface area contributed by atoms with Crippen molar-refractivity contribution in [1.29, 1.82) is 0 Å². The Balaban J connectivity index is 2.14. The molecule has 2 rings (SSSR count). The first kappa shape index (κ1) is 20.9. The third kappa shape index (κ3) is 4.85. The normalized spacial score (nSPS) is 11.3. The second-order valence-electron chi connectivity index (χ2n) is 5.80. The number of ether oxygens (including phenoxy) is 1. The molecule has 7 nitrogen and oxygen atoms in total. The van der Waals surface area contributed by atoms with Gasteiger partial charge in [0.05, 0.1) is 17.7 Å². The lowest BCUT2D eigenvalue weighted by molar-refractivity contribution is 0.0600. The van der Waals surface area contributed by atoms with Crippen LogP contribution >= 0.6 is 11.6 Å². The number of carbonyl (C=O) groups excluding carboxylic acids is 2.